The highest BCUT2D eigenvalue weighted by atomic mass is 31.0. The molecule has 0 saturated carbocycles. The zero-order valence-corrected chi connectivity index (χ0v) is 18.9. The normalized spacial score (nSPS) is 15.4. The summed E-state index contributed by atoms with van der Waals surface area (Å²) in [5.41, 5.74) is 0.753. The zero-order chi connectivity index (χ0) is 22.2. The molecule has 2 aromatic heterocycles. The average Bonchev–Trinajstić information content (AvgIpc) is 2.77. The van der Waals surface area contributed by atoms with E-state index in [9.17, 15) is 8.78 Å². The summed E-state index contributed by atoms with van der Waals surface area (Å²) in [5.74, 6) is 1.43. The molecule has 31 heavy (non-hydrogen) atoms. The minimum Gasteiger partial charge on any atom is -0.493 e. The van der Waals surface area contributed by atoms with Gasteiger partial charge in [-0.1, -0.05) is 9.24 Å². The molecule has 0 amide bonds. The standard InChI is InChI=1S/C22H25F2N4O2P/c1-13-8-14(11-25-21(13)28-6-4-15(5-7-28)22(23,24)31)17-12-26-27-18-10-20(30-3)19(29-2)9-16(17)18/h8-12,15H,4-7,31H2,1-3H3. The Balaban J connectivity index is 1.65. The van der Waals surface area contributed by atoms with Crippen molar-refractivity contribution >= 4 is 26.0 Å². The second-order valence-corrected chi connectivity index (χ2v) is 8.55. The molecule has 4 rings (SSSR count). The Labute approximate surface area is 182 Å². The summed E-state index contributed by atoms with van der Waals surface area (Å²) in [4.78, 5) is 6.76. The number of benzene rings is 1. The monoisotopic (exact) mass is 446 g/mol. The number of ether oxygens (including phenoxy) is 2. The molecule has 1 aliphatic heterocycles. The van der Waals surface area contributed by atoms with Gasteiger partial charge in [0.15, 0.2) is 11.5 Å². The molecular formula is C22H25F2N4O2P. The molecule has 0 spiro atoms. The quantitative estimate of drug-likeness (QED) is 0.530. The van der Waals surface area contributed by atoms with Crippen molar-refractivity contribution in [2.24, 2.45) is 5.92 Å². The number of hydrogen-bond acceptors (Lipinski definition) is 6. The fraction of sp³-hybridized carbons (Fsp3) is 0.409. The Hall–Kier alpha value is -2.60. The van der Waals surface area contributed by atoms with E-state index in [-0.39, 0.29) is 0 Å². The lowest BCUT2D eigenvalue weighted by Crippen LogP contribution is -2.39. The molecule has 1 saturated heterocycles. The lowest BCUT2D eigenvalue weighted by Gasteiger charge is -2.35. The smallest absolute Gasteiger partial charge is 0.261 e. The van der Waals surface area contributed by atoms with E-state index in [2.05, 4.69) is 20.1 Å². The predicted octanol–water partition coefficient (Wildman–Crippen LogP) is 4.70. The van der Waals surface area contributed by atoms with Crippen LogP contribution in [0.15, 0.2) is 30.6 Å². The van der Waals surface area contributed by atoms with Crippen LogP contribution >= 0.6 is 9.24 Å². The SMILES string of the molecule is COc1cc2nncc(-c3cnc(N4CCC(C(F)(F)P)CC4)c(C)c3)c2cc1OC. The van der Waals surface area contributed by atoms with Crippen LogP contribution in [-0.4, -0.2) is 48.2 Å². The van der Waals surface area contributed by atoms with Gasteiger partial charge in [0, 0.05) is 47.8 Å². The van der Waals surface area contributed by atoms with Crippen molar-refractivity contribution in [2.75, 3.05) is 32.2 Å². The Bertz CT molecular complexity index is 1100. The van der Waals surface area contributed by atoms with Crippen LogP contribution in [0.3, 0.4) is 0 Å². The first-order valence-corrected chi connectivity index (χ1v) is 10.7. The third-order valence-electron chi connectivity index (χ3n) is 5.84. The lowest BCUT2D eigenvalue weighted by atomic mass is 9.96. The van der Waals surface area contributed by atoms with Crippen molar-refractivity contribution in [3.05, 3.63) is 36.2 Å². The fourth-order valence-electron chi connectivity index (χ4n) is 4.14. The summed E-state index contributed by atoms with van der Waals surface area (Å²) in [6.45, 7) is 3.12. The Morgan fingerprint density at radius 1 is 1.06 bits per heavy atom. The van der Waals surface area contributed by atoms with Crippen molar-refractivity contribution in [2.45, 2.75) is 25.4 Å². The van der Waals surface area contributed by atoms with Crippen molar-refractivity contribution in [3.8, 4) is 22.6 Å². The lowest BCUT2D eigenvalue weighted by molar-refractivity contribution is 0.0245. The number of anilines is 1. The number of nitrogens with zero attached hydrogens (tertiary/aromatic N) is 4. The van der Waals surface area contributed by atoms with Crippen LogP contribution in [0.5, 0.6) is 11.5 Å². The molecule has 1 fully saturated rings. The maximum atomic E-state index is 13.6. The minimum absolute atomic E-state index is 0.444. The van der Waals surface area contributed by atoms with Crippen LogP contribution in [0, 0.1) is 12.8 Å². The van der Waals surface area contributed by atoms with Gasteiger partial charge in [0.1, 0.15) is 5.82 Å². The topological polar surface area (TPSA) is 60.4 Å². The highest BCUT2D eigenvalue weighted by Gasteiger charge is 2.37. The Kier molecular flexibility index (Phi) is 5.93. The second kappa shape index (κ2) is 8.50. The molecule has 6 nitrogen and oxygen atoms in total. The number of piperidine rings is 1. The molecule has 0 radical (unpaired) electrons. The van der Waals surface area contributed by atoms with Crippen LogP contribution in [0.4, 0.5) is 14.6 Å². The van der Waals surface area contributed by atoms with Crippen molar-refractivity contribution in [1.82, 2.24) is 15.2 Å². The number of rotatable bonds is 5. The maximum Gasteiger partial charge on any atom is 0.261 e. The molecule has 1 aromatic carbocycles. The number of aryl methyl sites for hydroxylation is 1. The van der Waals surface area contributed by atoms with Crippen molar-refractivity contribution in [1.29, 1.82) is 0 Å². The molecule has 1 unspecified atom stereocenters. The van der Waals surface area contributed by atoms with E-state index >= 15 is 0 Å². The molecule has 0 N–H and O–H groups in total. The first-order chi connectivity index (χ1) is 14.8. The molecule has 1 aliphatic rings. The summed E-state index contributed by atoms with van der Waals surface area (Å²) in [6, 6.07) is 5.73. The molecule has 3 aromatic rings. The molecular weight excluding hydrogens is 421 g/mol. The summed E-state index contributed by atoms with van der Waals surface area (Å²) < 4.78 is 38.0. The minimum atomic E-state index is -2.71. The molecule has 0 bridgehead atoms. The number of fused-ring (bicyclic) bond motifs is 1. The van der Waals surface area contributed by atoms with Gasteiger partial charge >= 0.3 is 0 Å². The number of pyridine rings is 1. The highest BCUT2D eigenvalue weighted by Crippen LogP contribution is 2.40. The number of methoxy groups -OCH3 is 2. The highest BCUT2D eigenvalue weighted by molar-refractivity contribution is 7.18. The van der Waals surface area contributed by atoms with Gasteiger partial charge < -0.3 is 14.4 Å². The van der Waals surface area contributed by atoms with Crippen LogP contribution in [0.25, 0.3) is 22.0 Å². The molecule has 164 valence electrons. The number of hydrogen-bond donors (Lipinski definition) is 0. The third kappa shape index (κ3) is 4.26. The second-order valence-electron chi connectivity index (χ2n) is 7.78. The summed E-state index contributed by atoms with van der Waals surface area (Å²) in [6.07, 6.45) is 4.39. The van der Waals surface area contributed by atoms with E-state index in [1.807, 2.05) is 19.1 Å². The van der Waals surface area contributed by atoms with Gasteiger partial charge in [-0.2, -0.15) is 10.2 Å². The van der Waals surface area contributed by atoms with Crippen LogP contribution in [-0.2, 0) is 0 Å². The van der Waals surface area contributed by atoms with Crippen molar-refractivity contribution in [3.63, 3.8) is 0 Å². The van der Waals surface area contributed by atoms with E-state index in [4.69, 9.17) is 9.47 Å². The summed E-state index contributed by atoms with van der Waals surface area (Å²) >= 11 is 0. The molecule has 1 atom stereocenters. The zero-order valence-electron chi connectivity index (χ0n) is 17.7. The van der Waals surface area contributed by atoms with Gasteiger partial charge in [-0.05, 0) is 37.5 Å². The van der Waals surface area contributed by atoms with E-state index in [0.29, 0.717) is 42.9 Å². The summed E-state index contributed by atoms with van der Waals surface area (Å²) in [7, 11) is 4.85. The van der Waals surface area contributed by atoms with E-state index in [0.717, 1.165) is 27.9 Å². The number of aromatic nitrogens is 3. The molecule has 0 aliphatic carbocycles. The number of alkyl halides is 2. The van der Waals surface area contributed by atoms with Crippen LogP contribution < -0.4 is 14.4 Å². The number of halogens is 2. The van der Waals surface area contributed by atoms with Crippen molar-refractivity contribution < 1.29 is 18.3 Å². The van der Waals surface area contributed by atoms with Gasteiger partial charge in [-0.25, -0.2) is 13.8 Å². The van der Waals surface area contributed by atoms with E-state index < -0.39 is 11.6 Å². The van der Waals surface area contributed by atoms with E-state index in [1.54, 1.807) is 41.9 Å². The van der Waals surface area contributed by atoms with Gasteiger partial charge in [0.25, 0.3) is 5.66 Å². The Morgan fingerprint density at radius 2 is 1.74 bits per heavy atom. The van der Waals surface area contributed by atoms with Crippen LogP contribution in [0.1, 0.15) is 18.4 Å². The fourth-order valence-corrected chi connectivity index (χ4v) is 4.47. The first-order valence-electron chi connectivity index (χ1n) is 10.1. The van der Waals surface area contributed by atoms with Gasteiger partial charge in [-0.3, -0.25) is 0 Å². The van der Waals surface area contributed by atoms with Gasteiger partial charge in [0.05, 0.1) is 25.9 Å². The molecule has 3 heterocycles. The Morgan fingerprint density at radius 3 is 2.35 bits per heavy atom. The third-order valence-corrected chi connectivity index (χ3v) is 6.32. The summed E-state index contributed by atoms with van der Waals surface area (Å²) in [5, 5.41) is 9.23. The van der Waals surface area contributed by atoms with Gasteiger partial charge in [0.2, 0.25) is 0 Å². The molecule has 9 heteroatoms. The van der Waals surface area contributed by atoms with Gasteiger partial charge in [-0.15, -0.1) is 0 Å². The van der Waals surface area contributed by atoms with E-state index in [1.165, 1.54) is 0 Å². The average molecular weight is 446 g/mol. The largest absolute Gasteiger partial charge is 0.493 e. The predicted molar refractivity (Wildman–Crippen MR) is 120 cm³/mol. The van der Waals surface area contributed by atoms with Crippen LogP contribution in [0.2, 0.25) is 0 Å². The first kappa shape index (κ1) is 21.6. The maximum absolute atomic E-state index is 13.6.